The van der Waals surface area contributed by atoms with Crippen molar-refractivity contribution in [3.05, 3.63) is 137 Å². The Kier molecular flexibility index (Phi) is 11.0. The van der Waals surface area contributed by atoms with Crippen LogP contribution >= 0.6 is 0 Å². The summed E-state index contributed by atoms with van der Waals surface area (Å²) < 4.78 is 14.0. The van der Waals surface area contributed by atoms with Gasteiger partial charge < -0.3 is 24.3 Å². The molecule has 1 amide bonds. The lowest BCUT2D eigenvalue weighted by Crippen LogP contribution is -2.38. The number of carbonyl (C=O) groups excluding carboxylic acids is 1. The first-order valence-corrected chi connectivity index (χ1v) is 18.0. The average molecular weight is 657 g/mol. The molecule has 0 radical (unpaired) electrons. The standard InChI is InChI=1S/C42H48N4O3/c47-42(43-22-11-25-45-28-30-48-31-29-45)41-40(37-16-7-8-17-38(37)46(41)27-26-44-23-9-10-24-44)39(34-14-5-2-6-15-34)35-18-20-36(21-19-35)49-32-33-12-3-1-4-13-33/h1-8,12-21,39H,9-11,22-32H2,(H,43,47). The minimum absolute atomic E-state index is 0.00153. The highest BCUT2D eigenvalue weighted by molar-refractivity contribution is 6.03. The summed E-state index contributed by atoms with van der Waals surface area (Å²) in [6.07, 6.45) is 3.40. The van der Waals surface area contributed by atoms with Crippen LogP contribution in [0.25, 0.3) is 10.9 Å². The molecule has 7 heteroatoms. The third kappa shape index (κ3) is 8.07. The Morgan fingerprint density at radius 2 is 1.37 bits per heavy atom. The number of nitrogens with zero attached hydrogens (tertiary/aromatic N) is 3. The van der Waals surface area contributed by atoms with Crippen LogP contribution in [0.15, 0.2) is 109 Å². The normalized spacial score (nSPS) is 16.2. The van der Waals surface area contributed by atoms with E-state index in [1.165, 1.54) is 12.8 Å². The van der Waals surface area contributed by atoms with E-state index < -0.39 is 0 Å². The average Bonchev–Trinajstić information content (AvgIpc) is 3.80. The number of carbonyl (C=O) groups is 1. The van der Waals surface area contributed by atoms with E-state index in [2.05, 4.69) is 111 Å². The molecule has 0 saturated carbocycles. The van der Waals surface area contributed by atoms with Crippen molar-refractivity contribution in [1.29, 1.82) is 0 Å². The van der Waals surface area contributed by atoms with Gasteiger partial charge in [0.15, 0.2) is 0 Å². The first-order chi connectivity index (χ1) is 24.2. The zero-order chi connectivity index (χ0) is 33.3. The van der Waals surface area contributed by atoms with Crippen molar-refractivity contribution in [2.75, 3.05) is 59.0 Å². The van der Waals surface area contributed by atoms with E-state index in [1.807, 2.05) is 18.2 Å². The number of morpholine rings is 1. The van der Waals surface area contributed by atoms with Gasteiger partial charge in [-0.15, -0.1) is 0 Å². The monoisotopic (exact) mass is 656 g/mol. The van der Waals surface area contributed by atoms with E-state index in [-0.39, 0.29) is 11.8 Å². The molecular weight excluding hydrogens is 608 g/mol. The lowest BCUT2D eigenvalue weighted by molar-refractivity contribution is 0.0374. The lowest BCUT2D eigenvalue weighted by atomic mass is 9.83. The molecule has 4 aromatic carbocycles. The zero-order valence-corrected chi connectivity index (χ0v) is 28.4. The quantitative estimate of drug-likeness (QED) is 0.131. The van der Waals surface area contributed by atoms with Gasteiger partial charge in [-0.25, -0.2) is 0 Å². The summed E-state index contributed by atoms with van der Waals surface area (Å²) in [6, 6.07) is 37.9. The Morgan fingerprint density at radius 3 is 2.12 bits per heavy atom. The molecule has 3 heterocycles. The fourth-order valence-corrected chi connectivity index (χ4v) is 7.43. The molecular formula is C42H48N4O3. The number of likely N-dealkylation sites (tertiary alicyclic amines) is 1. The van der Waals surface area contributed by atoms with E-state index in [4.69, 9.17) is 9.47 Å². The van der Waals surface area contributed by atoms with E-state index in [0.29, 0.717) is 13.2 Å². The van der Waals surface area contributed by atoms with Crippen molar-refractivity contribution >= 4 is 16.8 Å². The minimum Gasteiger partial charge on any atom is -0.489 e. The van der Waals surface area contributed by atoms with E-state index in [1.54, 1.807) is 0 Å². The van der Waals surface area contributed by atoms with Crippen molar-refractivity contribution < 1.29 is 14.3 Å². The zero-order valence-electron chi connectivity index (χ0n) is 28.4. The van der Waals surface area contributed by atoms with Crippen LogP contribution in [0.1, 0.15) is 57.9 Å². The second-order valence-electron chi connectivity index (χ2n) is 13.2. The number of fused-ring (bicyclic) bond motifs is 1. The van der Waals surface area contributed by atoms with Gasteiger partial charge in [-0.3, -0.25) is 9.69 Å². The topological polar surface area (TPSA) is 59.0 Å². The fraction of sp³-hybridized carbons (Fsp3) is 0.357. The maximum Gasteiger partial charge on any atom is 0.268 e. The molecule has 0 bridgehead atoms. The summed E-state index contributed by atoms with van der Waals surface area (Å²) in [5, 5.41) is 4.48. The van der Waals surface area contributed by atoms with Gasteiger partial charge >= 0.3 is 0 Å². The summed E-state index contributed by atoms with van der Waals surface area (Å²) in [6.45, 7) is 9.54. The smallest absolute Gasteiger partial charge is 0.268 e. The maximum atomic E-state index is 14.5. The van der Waals surface area contributed by atoms with Gasteiger partial charge in [-0.1, -0.05) is 91.0 Å². The summed E-state index contributed by atoms with van der Waals surface area (Å²) >= 11 is 0. The van der Waals surface area contributed by atoms with E-state index in [0.717, 1.165) is 110 Å². The molecule has 2 saturated heterocycles. The molecule has 2 fully saturated rings. The highest BCUT2D eigenvalue weighted by atomic mass is 16.5. The molecule has 7 rings (SSSR count). The number of hydrogen-bond donors (Lipinski definition) is 1. The first-order valence-electron chi connectivity index (χ1n) is 18.0. The van der Waals surface area contributed by atoms with Crippen LogP contribution in [-0.2, 0) is 17.9 Å². The number of aromatic nitrogens is 1. The molecule has 2 aliphatic heterocycles. The molecule has 1 N–H and O–H groups in total. The largest absolute Gasteiger partial charge is 0.489 e. The molecule has 2 aliphatic rings. The Morgan fingerprint density at radius 1 is 0.714 bits per heavy atom. The molecule has 1 atom stereocenters. The molecule has 0 aliphatic carbocycles. The van der Waals surface area contributed by atoms with Crippen LogP contribution in [0.4, 0.5) is 0 Å². The summed E-state index contributed by atoms with van der Waals surface area (Å²) in [5.74, 6) is 0.681. The Hall–Kier alpha value is -4.43. The van der Waals surface area contributed by atoms with Gasteiger partial charge in [0, 0.05) is 55.1 Å². The van der Waals surface area contributed by atoms with Gasteiger partial charge in [0.1, 0.15) is 18.1 Å². The lowest BCUT2D eigenvalue weighted by Gasteiger charge is -2.26. The second-order valence-corrected chi connectivity index (χ2v) is 13.2. The van der Waals surface area contributed by atoms with Crippen LogP contribution in [0, 0.1) is 0 Å². The third-order valence-corrected chi connectivity index (χ3v) is 9.99. The van der Waals surface area contributed by atoms with Crippen LogP contribution in [-0.4, -0.2) is 79.3 Å². The third-order valence-electron chi connectivity index (χ3n) is 9.99. The predicted molar refractivity (Wildman–Crippen MR) is 196 cm³/mol. The summed E-state index contributed by atoms with van der Waals surface area (Å²) in [4.78, 5) is 19.5. The number of nitrogens with one attached hydrogen (secondary N) is 1. The molecule has 254 valence electrons. The maximum absolute atomic E-state index is 14.5. The number of hydrogen-bond acceptors (Lipinski definition) is 5. The minimum atomic E-state index is -0.142. The molecule has 0 spiro atoms. The summed E-state index contributed by atoms with van der Waals surface area (Å²) in [5.41, 5.74) is 6.36. The van der Waals surface area contributed by atoms with Crippen LogP contribution < -0.4 is 10.1 Å². The fourth-order valence-electron chi connectivity index (χ4n) is 7.43. The molecule has 49 heavy (non-hydrogen) atoms. The van der Waals surface area contributed by atoms with Gasteiger partial charge in [-0.2, -0.15) is 0 Å². The highest BCUT2D eigenvalue weighted by Gasteiger charge is 2.30. The SMILES string of the molecule is O=C(NCCCN1CCOCC1)c1c(C(c2ccccc2)c2ccc(OCc3ccccc3)cc2)c2ccccc2n1CCN1CCCC1. The van der Waals surface area contributed by atoms with Crippen molar-refractivity contribution in [3.63, 3.8) is 0 Å². The van der Waals surface area contributed by atoms with Crippen LogP contribution in [0.3, 0.4) is 0 Å². The van der Waals surface area contributed by atoms with Crippen molar-refractivity contribution in [2.45, 2.75) is 38.3 Å². The van der Waals surface area contributed by atoms with Gasteiger partial charge in [0.05, 0.1) is 13.2 Å². The van der Waals surface area contributed by atoms with Crippen LogP contribution in [0.5, 0.6) is 5.75 Å². The van der Waals surface area contributed by atoms with E-state index >= 15 is 0 Å². The Labute approximate surface area is 290 Å². The summed E-state index contributed by atoms with van der Waals surface area (Å²) in [7, 11) is 0. The Balaban J connectivity index is 1.24. The van der Waals surface area contributed by atoms with Crippen molar-refractivity contribution in [2.24, 2.45) is 0 Å². The highest BCUT2D eigenvalue weighted by Crippen LogP contribution is 2.40. The van der Waals surface area contributed by atoms with Gasteiger partial charge in [-0.05, 0) is 73.8 Å². The predicted octanol–water partition coefficient (Wildman–Crippen LogP) is 6.95. The number of benzene rings is 4. The number of para-hydroxylation sites is 1. The number of rotatable bonds is 14. The molecule has 1 aromatic heterocycles. The number of amides is 1. The molecule has 5 aromatic rings. The van der Waals surface area contributed by atoms with Crippen molar-refractivity contribution in [1.82, 2.24) is 19.7 Å². The Bertz CT molecular complexity index is 1780. The second kappa shape index (κ2) is 16.3. The molecule has 7 nitrogen and oxygen atoms in total. The number of ether oxygens (including phenoxy) is 2. The van der Waals surface area contributed by atoms with Gasteiger partial charge in [0.25, 0.3) is 5.91 Å². The van der Waals surface area contributed by atoms with Crippen LogP contribution in [0.2, 0.25) is 0 Å². The van der Waals surface area contributed by atoms with E-state index in [9.17, 15) is 4.79 Å². The first kappa shape index (κ1) is 33.1. The molecule has 1 unspecified atom stereocenters. The van der Waals surface area contributed by atoms with Crippen molar-refractivity contribution in [3.8, 4) is 5.75 Å². The van der Waals surface area contributed by atoms with Gasteiger partial charge in [0.2, 0.25) is 0 Å².